The lowest BCUT2D eigenvalue weighted by molar-refractivity contribution is -0.401. The molecule has 0 aromatic heterocycles. The first kappa shape index (κ1) is 42.5. The molecule has 306 valence electrons. The van der Waals surface area contributed by atoms with Crippen LogP contribution >= 0.6 is 0 Å². The summed E-state index contributed by atoms with van der Waals surface area (Å²) in [5.74, 6) is 0. The molecule has 6 aromatic carbocycles. The quantitative estimate of drug-likeness (QED) is 0.120. The third-order valence-corrected chi connectivity index (χ3v) is 13.4. The lowest BCUT2D eigenvalue weighted by atomic mass is 9.12. The Hall–Kier alpha value is -5.67. The number of nitrogens with zero attached hydrogens (tertiary/aromatic N) is 2. The van der Waals surface area contributed by atoms with Crippen molar-refractivity contribution in [3.05, 3.63) is 201 Å². The molecule has 2 nitrogen and oxygen atoms in total. The maximum Gasteiger partial charge on any atom is 0.209 e. The highest BCUT2D eigenvalue weighted by atomic mass is 15.2. The molecule has 0 bridgehead atoms. The van der Waals surface area contributed by atoms with Crippen molar-refractivity contribution in [3.63, 3.8) is 0 Å². The first-order chi connectivity index (χ1) is 28.3. The van der Waals surface area contributed by atoms with Gasteiger partial charge in [-0.15, -0.1) is 0 Å². The second-order valence-electron chi connectivity index (χ2n) is 19.2. The van der Waals surface area contributed by atoms with E-state index < -0.39 is 6.15 Å². The standard InChI is InChI=1S/C32H36B.C25H29N2/c1-21-9-22(2)14-29(13-21)33(30-15-23(3)10-24(4)16-30,31-17-25(5)11-26(6)18-31)32-19-27(7)12-28(8)20-32;1-24(2)18-12-7-9-14-20(18)26(5)22(24)16-11-17-23-25(3,4)19-13-8-10-15-21(19)27(23)6/h9-20H,1-8H3;7-17H,1-6H3/q-1;+1. The normalized spacial score (nSPS) is 16.0. The summed E-state index contributed by atoms with van der Waals surface area (Å²) in [5.41, 5.74) is 24.2. The number of benzene rings is 6. The molecule has 0 unspecified atom stereocenters. The van der Waals surface area contributed by atoms with E-state index in [4.69, 9.17) is 0 Å². The molecule has 60 heavy (non-hydrogen) atoms. The Balaban J connectivity index is 0.000000185. The number of aryl methyl sites for hydroxylation is 8. The van der Waals surface area contributed by atoms with Crippen LogP contribution in [0.25, 0.3) is 0 Å². The van der Waals surface area contributed by atoms with E-state index in [0.29, 0.717) is 0 Å². The van der Waals surface area contributed by atoms with E-state index >= 15 is 0 Å². The molecule has 0 aliphatic carbocycles. The molecule has 2 aliphatic heterocycles. The zero-order valence-electron chi connectivity index (χ0n) is 38.8. The van der Waals surface area contributed by atoms with Gasteiger partial charge in [0, 0.05) is 41.6 Å². The van der Waals surface area contributed by atoms with Gasteiger partial charge in [0.1, 0.15) is 13.2 Å². The molecule has 8 rings (SSSR count). The molecule has 3 heteroatoms. The fraction of sp³-hybridized carbons (Fsp3) is 0.281. The number of likely N-dealkylation sites (N-methyl/N-ethyl adjacent to an activating group) is 1. The highest BCUT2D eigenvalue weighted by Crippen LogP contribution is 2.46. The van der Waals surface area contributed by atoms with Crippen molar-refractivity contribution in [1.82, 2.24) is 0 Å². The van der Waals surface area contributed by atoms with Gasteiger partial charge in [0.05, 0.1) is 5.41 Å². The van der Waals surface area contributed by atoms with Crippen molar-refractivity contribution >= 4 is 45.1 Å². The van der Waals surface area contributed by atoms with Crippen molar-refractivity contribution < 1.29 is 4.58 Å². The molecule has 0 saturated heterocycles. The van der Waals surface area contributed by atoms with Crippen LogP contribution in [0.2, 0.25) is 0 Å². The minimum atomic E-state index is -1.37. The molecular weight excluding hydrogens is 723 g/mol. The van der Waals surface area contributed by atoms with Gasteiger partial charge in [-0.1, -0.05) is 174 Å². The molecule has 0 fully saturated rings. The van der Waals surface area contributed by atoms with E-state index in [0.717, 1.165) is 0 Å². The van der Waals surface area contributed by atoms with Crippen LogP contribution in [0.1, 0.15) is 83.3 Å². The highest BCUT2D eigenvalue weighted by Gasteiger charge is 2.43. The average Bonchev–Trinajstić information content (AvgIpc) is 3.48. The summed E-state index contributed by atoms with van der Waals surface area (Å²) in [7, 11) is 4.34. The fourth-order valence-electron chi connectivity index (χ4n) is 11.0. The number of hydrogen-bond acceptors (Lipinski definition) is 1. The van der Waals surface area contributed by atoms with Gasteiger partial charge >= 0.3 is 0 Å². The first-order valence-electron chi connectivity index (χ1n) is 21.8. The van der Waals surface area contributed by atoms with Crippen LogP contribution in [-0.2, 0) is 10.8 Å². The average molecular weight is 789 g/mol. The molecule has 2 aliphatic rings. The maximum absolute atomic E-state index is 2.42. The van der Waals surface area contributed by atoms with Crippen LogP contribution in [0.5, 0.6) is 0 Å². The van der Waals surface area contributed by atoms with Gasteiger partial charge < -0.3 is 4.90 Å². The number of anilines is 1. The number of hydrogen-bond donors (Lipinski definition) is 0. The van der Waals surface area contributed by atoms with E-state index in [2.05, 4.69) is 246 Å². The molecular formula is C57H65BN2. The minimum absolute atomic E-state index is 0.0143. The van der Waals surface area contributed by atoms with E-state index in [9.17, 15) is 0 Å². The molecule has 0 amide bonds. The largest absolute Gasteiger partial charge is 0.347 e. The van der Waals surface area contributed by atoms with E-state index in [1.165, 1.54) is 100 Å². The Morgan fingerprint density at radius 3 is 1.23 bits per heavy atom. The van der Waals surface area contributed by atoms with Crippen molar-refractivity contribution in [2.45, 2.75) is 93.9 Å². The van der Waals surface area contributed by atoms with Crippen LogP contribution in [0, 0.1) is 55.4 Å². The predicted octanol–water partition coefficient (Wildman–Crippen LogP) is 11.1. The second-order valence-corrected chi connectivity index (χ2v) is 19.2. The van der Waals surface area contributed by atoms with Gasteiger partial charge in [-0.3, -0.25) is 0 Å². The van der Waals surface area contributed by atoms with Gasteiger partial charge in [0.2, 0.25) is 5.69 Å². The van der Waals surface area contributed by atoms with Crippen molar-refractivity contribution in [3.8, 4) is 0 Å². The summed E-state index contributed by atoms with van der Waals surface area (Å²) in [5, 5.41) is 0. The third kappa shape index (κ3) is 7.64. The Labute approximate surface area is 362 Å². The first-order valence-corrected chi connectivity index (χ1v) is 21.8. The summed E-state index contributed by atoms with van der Waals surface area (Å²) >= 11 is 0. The van der Waals surface area contributed by atoms with Gasteiger partial charge in [-0.05, 0) is 86.9 Å². The Kier molecular flexibility index (Phi) is 11.4. The molecule has 0 spiro atoms. The molecule has 0 N–H and O–H groups in total. The van der Waals surface area contributed by atoms with Crippen LogP contribution in [0.15, 0.2) is 145 Å². The van der Waals surface area contributed by atoms with Crippen molar-refractivity contribution in [2.75, 3.05) is 19.0 Å². The van der Waals surface area contributed by atoms with Gasteiger partial charge in [-0.2, -0.15) is 26.4 Å². The second kappa shape index (κ2) is 16.1. The monoisotopic (exact) mass is 789 g/mol. The topological polar surface area (TPSA) is 6.25 Å². The van der Waals surface area contributed by atoms with E-state index in [-0.39, 0.29) is 10.8 Å². The number of fused-ring (bicyclic) bond motifs is 2. The lowest BCUT2D eigenvalue weighted by Gasteiger charge is -2.46. The lowest BCUT2D eigenvalue weighted by Crippen LogP contribution is -2.75. The van der Waals surface area contributed by atoms with Crippen LogP contribution in [0.4, 0.5) is 11.4 Å². The molecule has 2 heterocycles. The third-order valence-electron chi connectivity index (χ3n) is 13.4. The molecule has 6 aromatic rings. The number of allylic oxidation sites excluding steroid dienone is 4. The number of para-hydroxylation sites is 2. The smallest absolute Gasteiger partial charge is 0.209 e. The van der Waals surface area contributed by atoms with Crippen molar-refractivity contribution in [2.24, 2.45) is 0 Å². The maximum atomic E-state index is 2.42. The summed E-state index contributed by atoms with van der Waals surface area (Å²) in [6.45, 7) is 27.0. The van der Waals surface area contributed by atoms with Crippen LogP contribution in [-0.4, -0.2) is 30.5 Å². The molecule has 0 saturated carbocycles. The minimum Gasteiger partial charge on any atom is -0.347 e. The number of rotatable bonds is 6. The Morgan fingerprint density at radius 2 is 0.850 bits per heavy atom. The summed E-state index contributed by atoms with van der Waals surface area (Å²) in [6.07, 6.45) is 5.41. The SMILES string of the molecule is CN1/C(=C/C=C/C2=[N+](C)c3ccccc3C2(C)C)C(C)(C)c2ccccc21.Cc1cc(C)cc([B-](c2cc(C)cc(C)c2)(c2cc(C)cc(C)c2)c2cc(C)cc(C)c2)c1. The summed E-state index contributed by atoms with van der Waals surface area (Å²) < 4.78 is 2.32. The zero-order chi connectivity index (χ0) is 43.3. The zero-order valence-corrected chi connectivity index (χ0v) is 38.8. The van der Waals surface area contributed by atoms with Gasteiger partial charge in [-0.25, -0.2) is 0 Å². The fourth-order valence-corrected chi connectivity index (χ4v) is 11.0. The van der Waals surface area contributed by atoms with E-state index in [1.54, 1.807) is 0 Å². The molecule has 0 radical (unpaired) electrons. The van der Waals surface area contributed by atoms with Crippen molar-refractivity contribution in [1.29, 1.82) is 0 Å². The van der Waals surface area contributed by atoms with Crippen LogP contribution < -0.4 is 26.8 Å². The highest BCUT2D eigenvalue weighted by molar-refractivity contribution is 7.20. The Bertz CT molecular complexity index is 2430. The van der Waals surface area contributed by atoms with Crippen LogP contribution in [0.3, 0.4) is 0 Å². The Morgan fingerprint density at radius 1 is 0.483 bits per heavy atom. The molecule has 0 atom stereocenters. The summed E-state index contributed by atoms with van der Waals surface area (Å²) in [4.78, 5) is 2.32. The summed E-state index contributed by atoms with van der Waals surface area (Å²) in [6, 6.07) is 45.9. The van der Waals surface area contributed by atoms with Gasteiger partial charge in [0.25, 0.3) is 0 Å². The predicted molar refractivity (Wildman–Crippen MR) is 263 cm³/mol. The van der Waals surface area contributed by atoms with Gasteiger partial charge in [0.15, 0.2) is 5.71 Å². The van der Waals surface area contributed by atoms with E-state index in [1.807, 2.05) is 0 Å².